The third-order valence-corrected chi connectivity index (χ3v) is 2.88. The van der Waals surface area contributed by atoms with Gasteiger partial charge >= 0.3 is 0 Å². The Kier molecular flexibility index (Phi) is 3.15. The Bertz CT molecular complexity index is 501. The van der Waals surface area contributed by atoms with Crippen molar-refractivity contribution in [1.82, 2.24) is 0 Å². The highest BCUT2D eigenvalue weighted by Crippen LogP contribution is 2.32. The first-order valence-electron chi connectivity index (χ1n) is 3.45. The maximum Gasteiger partial charge on any atom is 0.268 e. The van der Waals surface area contributed by atoms with E-state index in [1.54, 1.807) is 0 Å². The van der Waals surface area contributed by atoms with Crippen molar-refractivity contribution in [1.29, 1.82) is 0 Å². The molecule has 0 aliphatic carbocycles. The minimum Gasteiger partial charge on any atom is -0.495 e. The molecule has 0 aliphatic heterocycles. The topological polar surface area (TPSA) is 43.4 Å². The summed E-state index contributed by atoms with van der Waals surface area (Å²) < 4.78 is 64.5. The standard InChI is InChI=1S/C7H4ClF3O3S/c1-14-4-2-3(9)5(10)6(11)7(4)15(8,12)13/h2H,1H3. The van der Waals surface area contributed by atoms with E-state index in [1.165, 1.54) is 0 Å². The van der Waals surface area contributed by atoms with Crippen molar-refractivity contribution in [3.05, 3.63) is 23.5 Å². The Labute approximate surface area is 87.8 Å². The summed E-state index contributed by atoms with van der Waals surface area (Å²) in [4.78, 5) is -1.22. The molecule has 0 spiro atoms. The van der Waals surface area contributed by atoms with Gasteiger partial charge in [0.15, 0.2) is 22.3 Å². The van der Waals surface area contributed by atoms with Gasteiger partial charge in [-0.1, -0.05) is 0 Å². The van der Waals surface area contributed by atoms with Crippen LogP contribution in [0.1, 0.15) is 0 Å². The summed E-state index contributed by atoms with van der Waals surface area (Å²) in [5, 5.41) is 0. The maximum atomic E-state index is 13.0. The van der Waals surface area contributed by atoms with Crippen LogP contribution in [-0.2, 0) is 9.05 Å². The number of halogens is 4. The van der Waals surface area contributed by atoms with E-state index in [0.29, 0.717) is 6.07 Å². The van der Waals surface area contributed by atoms with Gasteiger partial charge in [0.2, 0.25) is 0 Å². The molecule has 1 aromatic rings. The van der Waals surface area contributed by atoms with Gasteiger partial charge in [0.1, 0.15) is 5.75 Å². The number of hydrogen-bond donors (Lipinski definition) is 0. The molecule has 15 heavy (non-hydrogen) atoms. The average Bonchev–Trinajstić information content (AvgIpc) is 2.11. The molecule has 0 atom stereocenters. The van der Waals surface area contributed by atoms with Gasteiger partial charge in [-0.25, -0.2) is 21.6 Å². The lowest BCUT2D eigenvalue weighted by molar-refractivity contribution is 0.371. The highest BCUT2D eigenvalue weighted by Gasteiger charge is 2.27. The lowest BCUT2D eigenvalue weighted by atomic mass is 10.3. The quantitative estimate of drug-likeness (QED) is 0.604. The molecular weight excluding hydrogens is 257 g/mol. The van der Waals surface area contributed by atoms with Gasteiger partial charge in [0.25, 0.3) is 9.05 Å². The summed E-state index contributed by atoms with van der Waals surface area (Å²) in [6.45, 7) is 0. The number of benzene rings is 1. The van der Waals surface area contributed by atoms with Gasteiger partial charge < -0.3 is 4.74 Å². The van der Waals surface area contributed by atoms with E-state index in [4.69, 9.17) is 10.7 Å². The molecule has 84 valence electrons. The number of rotatable bonds is 2. The van der Waals surface area contributed by atoms with Gasteiger partial charge in [0, 0.05) is 16.7 Å². The van der Waals surface area contributed by atoms with Crippen molar-refractivity contribution in [3.63, 3.8) is 0 Å². The second kappa shape index (κ2) is 3.90. The van der Waals surface area contributed by atoms with Crippen molar-refractivity contribution in [2.45, 2.75) is 4.90 Å². The minimum absolute atomic E-state index is 0.397. The van der Waals surface area contributed by atoms with E-state index in [9.17, 15) is 21.6 Å². The lowest BCUT2D eigenvalue weighted by Gasteiger charge is -2.07. The summed E-state index contributed by atoms with van der Waals surface area (Å²) in [5.41, 5.74) is 0. The van der Waals surface area contributed by atoms with Gasteiger partial charge in [-0.15, -0.1) is 0 Å². The smallest absolute Gasteiger partial charge is 0.268 e. The summed E-state index contributed by atoms with van der Waals surface area (Å²) >= 11 is 0. The van der Waals surface area contributed by atoms with Gasteiger partial charge in [-0.05, 0) is 0 Å². The molecule has 0 unspecified atom stereocenters. The molecular formula is C7H4ClF3O3S. The summed E-state index contributed by atoms with van der Waals surface area (Å²) in [7, 11) is 1.26. The molecule has 0 fully saturated rings. The molecule has 0 bridgehead atoms. The summed E-state index contributed by atoms with van der Waals surface area (Å²) in [6.07, 6.45) is 0. The van der Waals surface area contributed by atoms with Gasteiger partial charge in [-0.3, -0.25) is 0 Å². The maximum absolute atomic E-state index is 13.0. The van der Waals surface area contributed by atoms with E-state index < -0.39 is 37.1 Å². The molecule has 3 nitrogen and oxygen atoms in total. The van der Waals surface area contributed by atoms with Crippen molar-refractivity contribution in [2.24, 2.45) is 0 Å². The molecule has 0 radical (unpaired) electrons. The van der Waals surface area contributed by atoms with Gasteiger partial charge in [0.05, 0.1) is 7.11 Å². The van der Waals surface area contributed by atoms with Crippen LogP contribution in [0.5, 0.6) is 5.75 Å². The van der Waals surface area contributed by atoms with Crippen molar-refractivity contribution >= 4 is 19.7 Å². The van der Waals surface area contributed by atoms with E-state index in [2.05, 4.69) is 4.74 Å². The molecule has 0 heterocycles. The zero-order chi connectivity index (χ0) is 11.8. The minimum atomic E-state index is -4.55. The number of methoxy groups -OCH3 is 1. The van der Waals surface area contributed by atoms with Crippen LogP contribution in [0.4, 0.5) is 13.2 Å². The predicted octanol–water partition coefficient (Wildman–Crippen LogP) is 2.04. The van der Waals surface area contributed by atoms with Crippen LogP contribution in [0.25, 0.3) is 0 Å². The SMILES string of the molecule is COc1cc(F)c(F)c(F)c1S(=O)(=O)Cl. The van der Waals surface area contributed by atoms with Crippen molar-refractivity contribution in [2.75, 3.05) is 7.11 Å². The first kappa shape index (κ1) is 12.1. The van der Waals surface area contributed by atoms with Crippen LogP contribution in [0.3, 0.4) is 0 Å². The van der Waals surface area contributed by atoms with Crippen LogP contribution >= 0.6 is 10.7 Å². The van der Waals surface area contributed by atoms with Crippen molar-refractivity contribution < 1.29 is 26.3 Å². The number of hydrogen-bond acceptors (Lipinski definition) is 3. The van der Waals surface area contributed by atoms with E-state index in [-0.39, 0.29) is 0 Å². The second-order valence-electron chi connectivity index (χ2n) is 2.46. The van der Waals surface area contributed by atoms with Crippen molar-refractivity contribution in [3.8, 4) is 5.75 Å². The van der Waals surface area contributed by atoms with Crippen LogP contribution in [0, 0.1) is 17.5 Å². The Morgan fingerprint density at radius 3 is 2.20 bits per heavy atom. The Hall–Kier alpha value is -0.950. The number of ether oxygens (including phenoxy) is 1. The third kappa shape index (κ3) is 2.18. The molecule has 8 heteroatoms. The molecule has 0 saturated heterocycles. The molecule has 0 N–H and O–H groups in total. The molecule has 1 aromatic carbocycles. The van der Waals surface area contributed by atoms with Crippen LogP contribution in [0.15, 0.2) is 11.0 Å². The average molecular weight is 261 g/mol. The molecule has 0 aromatic heterocycles. The summed E-state index contributed by atoms with van der Waals surface area (Å²) in [6, 6.07) is 0.397. The highest BCUT2D eigenvalue weighted by atomic mass is 35.7. The first-order valence-corrected chi connectivity index (χ1v) is 5.76. The fraction of sp³-hybridized carbons (Fsp3) is 0.143. The normalized spacial score (nSPS) is 11.5. The largest absolute Gasteiger partial charge is 0.495 e. The first-order chi connectivity index (χ1) is 6.79. The fourth-order valence-corrected chi connectivity index (χ4v) is 2.05. The van der Waals surface area contributed by atoms with E-state index in [0.717, 1.165) is 7.11 Å². The molecule has 0 amide bonds. The molecule has 1 rings (SSSR count). The Morgan fingerprint density at radius 2 is 1.80 bits per heavy atom. The second-order valence-corrected chi connectivity index (χ2v) is 4.96. The summed E-state index contributed by atoms with van der Waals surface area (Å²) in [5.74, 6) is -6.08. The van der Waals surface area contributed by atoms with Crippen LogP contribution < -0.4 is 4.74 Å². The van der Waals surface area contributed by atoms with Gasteiger partial charge in [-0.2, -0.15) is 0 Å². The van der Waals surface area contributed by atoms with Crippen LogP contribution in [-0.4, -0.2) is 15.5 Å². The van der Waals surface area contributed by atoms with E-state index in [1.807, 2.05) is 0 Å². The fourth-order valence-electron chi connectivity index (χ4n) is 0.935. The zero-order valence-corrected chi connectivity index (χ0v) is 8.79. The molecule has 0 saturated carbocycles. The lowest BCUT2D eigenvalue weighted by Crippen LogP contribution is -2.04. The Balaban J connectivity index is 3.70. The Morgan fingerprint density at radius 1 is 1.27 bits per heavy atom. The van der Waals surface area contributed by atoms with Crippen LogP contribution in [0.2, 0.25) is 0 Å². The zero-order valence-electron chi connectivity index (χ0n) is 7.22. The molecule has 0 aliphatic rings. The highest BCUT2D eigenvalue weighted by molar-refractivity contribution is 8.13. The monoisotopic (exact) mass is 260 g/mol. The third-order valence-electron chi connectivity index (χ3n) is 1.55. The predicted molar refractivity (Wildman–Crippen MR) is 45.9 cm³/mol. The van der Waals surface area contributed by atoms with E-state index >= 15 is 0 Å².